The number of nitrogens with zero attached hydrogens (tertiary/aromatic N) is 3. The van der Waals surface area contributed by atoms with Crippen LogP contribution in [-0.2, 0) is 23.1 Å². The van der Waals surface area contributed by atoms with Gasteiger partial charge >= 0.3 is 0 Å². The van der Waals surface area contributed by atoms with Gasteiger partial charge in [-0.15, -0.1) is 10.2 Å². The summed E-state index contributed by atoms with van der Waals surface area (Å²) in [6.07, 6.45) is 0.246. The summed E-state index contributed by atoms with van der Waals surface area (Å²) in [5, 5.41) is 14.8. The van der Waals surface area contributed by atoms with Gasteiger partial charge < -0.3 is 24.7 Å². The van der Waals surface area contributed by atoms with Crippen molar-refractivity contribution in [2.24, 2.45) is 7.05 Å². The van der Waals surface area contributed by atoms with Gasteiger partial charge in [0.25, 0.3) is 0 Å². The maximum Gasteiger partial charge on any atom is 0.234 e. The quantitative estimate of drug-likeness (QED) is 0.426. The molecule has 34 heavy (non-hydrogen) atoms. The van der Waals surface area contributed by atoms with Gasteiger partial charge in [-0.1, -0.05) is 30.0 Å². The van der Waals surface area contributed by atoms with Crippen LogP contribution in [0.3, 0.4) is 0 Å². The number of aryl methyl sites for hydroxylation is 1. The Bertz CT molecular complexity index is 1150. The summed E-state index contributed by atoms with van der Waals surface area (Å²) in [6, 6.07) is 12.6. The number of nitrogens with one attached hydrogen (secondary N) is 2. The summed E-state index contributed by atoms with van der Waals surface area (Å²) in [7, 11) is 4.98. The van der Waals surface area contributed by atoms with Gasteiger partial charge in [0.1, 0.15) is 11.5 Å². The fourth-order valence-corrected chi connectivity index (χ4v) is 4.07. The Balaban J connectivity index is 1.54. The van der Waals surface area contributed by atoms with E-state index in [2.05, 4.69) is 20.8 Å². The normalized spacial score (nSPS) is 11.6. The topological polar surface area (TPSA) is 107 Å². The molecule has 0 saturated heterocycles. The van der Waals surface area contributed by atoms with Gasteiger partial charge in [0.2, 0.25) is 11.8 Å². The van der Waals surface area contributed by atoms with Crippen molar-refractivity contribution >= 4 is 29.3 Å². The molecule has 3 aromatic rings. The monoisotopic (exact) mass is 483 g/mol. The minimum Gasteiger partial charge on any atom is -0.497 e. The van der Waals surface area contributed by atoms with Crippen LogP contribution >= 0.6 is 11.8 Å². The molecule has 1 aromatic heterocycles. The van der Waals surface area contributed by atoms with E-state index in [0.29, 0.717) is 22.4 Å². The van der Waals surface area contributed by atoms with Crippen molar-refractivity contribution in [2.45, 2.75) is 31.5 Å². The van der Waals surface area contributed by atoms with Crippen LogP contribution in [0, 0.1) is 6.92 Å². The fraction of sp³-hybridized carbons (Fsp3) is 0.333. The van der Waals surface area contributed by atoms with E-state index in [0.717, 1.165) is 16.9 Å². The zero-order chi connectivity index (χ0) is 24.7. The first-order valence-electron chi connectivity index (χ1n) is 10.7. The molecule has 2 N–H and O–H groups in total. The smallest absolute Gasteiger partial charge is 0.234 e. The molecule has 0 saturated carbocycles. The molecular weight excluding hydrogens is 454 g/mol. The van der Waals surface area contributed by atoms with Crippen LogP contribution in [0.2, 0.25) is 0 Å². The number of hydrogen-bond acceptors (Lipinski definition) is 7. The Morgan fingerprint density at radius 2 is 1.79 bits per heavy atom. The zero-order valence-corrected chi connectivity index (χ0v) is 20.7. The number of rotatable bonds is 10. The number of ether oxygens (including phenoxy) is 2. The Labute approximate surface area is 203 Å². The third kappa shape index (κ3) is 6.50. The Kier molecular flexibility index (Phi) is 8.53. The van der Waals surface area contributed by atoms with Gasteiger partial charge in [-0.2, -0.15) is 0 Å². The molecule has 0 radical (unpaired) electrons. The van der Waals surface area contributed by atoms with Crippen LogP contribution in [0.25, 0.3) is 0 Å². The van der Waals surface area contributed by atoms with Gasteiger partial charge in [0.15, 0.2) is 11.0 Å². The van der Waals surface area contributed by atoms with Crippen LogP contribution in [0.5, 0.6) is 11.5 Å². The highest BCUT2D eigenvalue weighted by Crippen LogP contribution is 2.26. The number of carbonyl (C=O) groups is 2. The van der Waals surface area contributed by atoms with E-state index in [1.165, 1.54) is 11.8 Å². The molecule has 10 heteroatoms. The average molecular weight is 484 g/mol. The lowest BCUT2D eigenvalue weighted by Crippen LogP contribution is -2.29. The molecule has 3 rings (SSSR count). The minimum atomic E-state index is -0.344. The lowest BCUT2D eigenvalue weighted by Gasteiger charge is -2.14. The van der Waals surface area contributed by atoms with Crippen molar-refractivity contribution in [3.05, 3.63) is 59.4 Å². The first-order valence-corrected chi connectivity index (χ1v) is 11.7. The number of methoxy groups -OCH3 is 2. The zero-order valence-electron chi connectivity index (χ0n) is 19.9. The molecule has 0 fully saturated rings. The standard InChI is InChI=1S/C24H29N5O4S/c1-15-6-11-20(33-5)19(12-15)26-22(31)14-34-24-28-27-23(29(24)3)16(2)25-21(30)13-17-7-9-18(32-4)10-8-17/h6-12,16H,13-14H2,1-5H3,(H,25,30)(H,26,31)/t16-/m1/s1. The molecular formula is C24H29N5O4S. The van der Waals surface area contributed by atoms with E-state index in [9.17, 15) is 9.59 Å². The maximum absolute atomic E-state index is 12.5. The molecule has 0 spiro atoms. The van der Waals surface area contributed by atoms with E-state index in [4.69, 9.17) is 9.47 Å². The van der Waals surface area contributed by atoms with E-state index in [1.54, 1.807) is 18.8 Å². The van der Waals surface area contributed by atoms with Crippen LogP contribution in [0.1, 0.15) is 29.9 Å². The second-order valence-electron chi connectivity index (χ2n) is 7.75. The molecule has 2 amide bonds. The number of benzene rings is 2. The number of anilines is 1. The van der Waals surface area contributed by atoms with Crippen molar-refractivity contribution in [3.63, 3.8) is 0 Å². The fourth-order valence-electron chi connectivity index (χ4n) is 3.35. The van der Waals surface area contributed by atoms with Crippen molar-refractivity contribution in [2.75, 3.05) is 25.3 Å². The van der Waals surface area contributed by atoms with E-state index < -0.39 is 0 Å². The lowest BCUT2D eigenvalue weighted by molar-refractivity contribution is -0.121. The predicted molar refractivity (Wildman–Crippen MR) is 131 cm³/mol. The van der Waals surface area contributed by atoms with Crippen molar-refractivity contribution in [1.29, 1.82) is 0 Å². The Hall–Kier alpha value is -3.53. The summed E-state index contributed by atoms with van der Waals surface area (Å²) in [6.45, 7) is 3.79. The number of carbonyl (C=O) groups excluding carboxylic acids is 2. The lowest BCUT2D eigenvalue weighted by atomic mass is 10.1. The van der Waals surface area contributed by atoms with E-state index in [-0.39, 0.29) is 30.0 Å². The summed E-state index contributed by atoms with van der Waals surface area (Å²) < 4.78 is 12.2. The van der Waals surface area contributed by atoms with Crippen LogP contribution in [0.15, 0.2) is 47.6 Å². The van der Waals surface area contributed by atoms with Gasteiger partial charge in [-0.05, 0) is 49.2 Å². The number of thioether (sulfide) groups is 1. The predicted octanol–water partition coefficient (Wildman–Crippen LogP) is 3.29. The SMILES string of the molecule is COc1ccc(CC(=O)N[C@H](C)c2nnc(SCC(=O)Nc3cc(C)ccc3OC)n2C)cc1. The number of aromatic nitrogens is 3. The maximum atomic E-state index is 12.5. The Morgan fingerprint density at radius 3 is 2.47 bits per heavy atom. The largest absolute Gasteiger partial charge is 0.497 e. The second-order valence-corrected chi connectivity index (χ2v) is 8.70. The summed E-state index contributed by atoms with van der Waals surface area (Å²) in [5.41, 5.74) is 2.53. The van der Waals surface area contributed by atoms with Gasteiger partial charge in [-0.25, -0.2) is 0 Å². The van der Waals surface area contributed by atoms with Crippen molar-refractivity contribution in [1.82, 2.24) is 20.1 Å². The van der Waals surface area contributed by atoms with Crippen molar-refractivity contribution in [3.8, 4) is 11.5 Å². The van der Waals surface area contributed by atoms with Crippen LogP contribution in [0.4, 0.5) is 5.69 Å². The molecule has 2 aromatic carbocycles. The highest BCUT2D eigenvalue weighted by molar-refractivity contribution is 7.99. The average Bonchev–Trinajstić information content (AvgIpc) is 3.18. The third-order valence-corrected chi connectivity index (χ3v) is 6.14. The highest BCUT2D eigenvalue weighted by atomic mass is 32.2. The molecule has 0 aliphatic rings. The molecule has 1 heterocycles. The highest BCUT2D eigenvalue weighted by Gasteiger charge is 2.19. The molecule has 0 aliphatic carbocycles. The summed E-state index contributed by atoms with van der Waals surface area (Å²) in [5.74, 6) is 1.80. The third-order valence-electron chi connectivity index (χ3n) is 5.12. The van der Waals surface area contributed by atoms with E-state index >= 15 is 0 Å². The first-order chi connectivity index (χ1) is 16.3. The van der Waals surface area contributed by atoms with Gasteiger partial charge in [-0.3, -0.25) is 9.59 Å². The van der Waals surface area contributed by atoms with Gasteiger partial charge in [0, 0.05) is 7.05 Å². The van der Waals surface area contributed by atoms with Crippen LogP contribution in [-0.4, -0.2) is 46.6 Å². The Morgan fingerprint density at radius 1 is 1.06 bits per heavy atom. The number of hydrogen-bond donors (Lipinski definition) is 2. The molecule has 0 aliphatic heterocycles. The van der Waals surface area contributed by atoms with Gasteiger partial charge in [0.05, 0.1) is 38.1 Å². The minimum absolute atomic E-state index is 0.124. The first kappa shape index (κ1) is 25.1. The van der Waals surface area contributed by atoms with Crippen molar-refractivity contribution < 1.29 is 19.1 Å². The molecule has 180 valence electrons. The number of amides is 2. The molecule has 9 nitrogen and oxygen atoms in total. The summed E-state index contributed by atoms with van der Waals surface area (Å²) in [4.78, 5) is 24.9. The molecule has 0 bridgehead atoms. The molecule has 0 unspecified atom stereocenters. The second kappa shape index (κ2) is 11.6. The summed E-state index contributed by atoms with van der Waals surface area (Å²) >= 11 is 1.27. The molecule has 1 atom stereocenters. The van der Waals surface area contributed by atoms with E-state index in [1.807, 2.05) is 63.4 Å². The van der Waals surface area contributed by atoms with Crippen LogP contribution < -0.4 is 20.1 Å².